The van der Waals surface area contributed by atoms with Crippen LogP contribution in [0.25, 0.3) is 0 Å². The Kier molecular flexibility index (Phi) is 6.69. The van der Waals surface area contributed by atoms with Crippen LogP contribution < -0.4 is 10.2 Å². The molecule has 0 aliphatic heterocycles. The van der Waals surface area contributed by atoms with Crippen molar-refractivity contribution in [2.45, 2.75) is 76.3 Å². The highest BCUT2D eigenvalue weighted by molar-refractivity contribution is 5.86. The second-order valence-electron chi connectivity index (χ2n) is 8.85. The van der Waals surface area contributed by atoms with E-state index >= 15 is 0 Å². The van der Waals surface area contributed by atoms with Gasteiger partial charge in [-0.3, -0.25) is 0 Å². The van der Waals surface area contributed by atoms with E-state index in [4.69, 9.17) is 0 Å². The molecule has 2 fully saturated rings. The molecular weight excluding hydrogens is 388 g/mol. The van der Waals surface area contributed by atoms with E-state index in [0.717, 1.165) is 0 Å². The zero-order valence-electron chi connectivity index (χ0n) is 16.9. The van der Waals surface area contributed by atoms with Crippen molar-refractivity contribution in [2.75, 3.05) is 0 Å². The van der Waals surface area contributed by atoms with Gasteiger partial charge in [0.15, 0.2) is 0 Å². The van der Waals surface area contributed by atoms with Gasteiger partial charge in [-0.2, -0.15) is 0 Å². The number of carbonyl (C=O) groups excluding carboxylic acids is 4. The normalized spacial score (nSPS) is 38.7. The molecule has 8 heteroatoms. The van der Waals surface area contributed by atoms with Gasteiger partial charge in [0.05, 0.1) is 12.1 Å². The van der Waals surface area contributed by atoms with Crippen molar-refractivity contribution in [1.29, 1.82) is 0 Å². The summed E-state index contributed by atoms with van der Waals surface area (Å²) < 4.78 is 0. The lowest BCUT2D eigenvalue weighted by Gasteiger charge is -2.61. The zero-order chi connectivity index (χ0) is 21.8. The lowest BCUT2D eigenvalue weighted by molar-refractivity contribution is -0.355. The number of hydrogen-bond donors (Lipinski definition) is 0. The number of rotatable bonds is 6. The van der Waals surface area contributed by atoms with Crippen LogP contribution in [-0.4, -0.2) is 36.2 Å². The second kappa shape index (κ2) is 9.07. The Labute approximate surface area is 175 Å². The number of isocyanates is 2. The maximum absolute atomic E-state index is 12.7. The van der Waals surface area contributed by atoms with Gasteiger partial charge in [-0.15, -0.1) is 0 Å². The molecule has 8 nitrogen and oxygen atoms in total. The van der Waals surface area contributed by atoms with Gasteiger partial charge in [0.1, 0.15) is 0 Å². The molecular formula is C22H26N2O6-2. The molecule has 0 saturated heterocycles. The minimum absolute atomic E-state index is 0.0853. The molecule has 162 valence electrons. The molecule has 3 rings (SSSR count). The van der Waals surface area contributed by atoms with E-state index in [1.165, 1.54) is 0 Å². The van der Waals surface area contributed by atoms with Crippen LogP contribution in [0.3, 0.4) is 0 Å². The predicted molar refractivity (Wildman–Crippen MR) is 101 cm³/mol. The van der Waals surface area contributed by atoms with Crippen LogP contribution in [0.5, 0.6) is 0 Å². The summed E-state index contributed by atoms with van der Waals surface area (Å²) in [6.45, 7) is 0. The van der Waals surface area contributed by atoms with Crippen molar-refractivity contribution < 1.29 is 29.4 Å². The molecule has 0 radical (unpaired) electrons. The molecule has 2 saturated carbocycles. The molecule has 0 amide bonds. The van der Waals surface area contributed by atoms with E-state index in [1.54, 1.807) is 24.3 Å². The summed E-state index contributed by atoms with van der Waals surface area (Å²) in [7, 11) is 0. The largest absolute Gasteiger partial charge is 0.549 e. The van der Waals surface area contributed by atoms with Crippen molar-refractivity contribution in [3.8, 4) is 0 Å². The van der Waals surface area contributed by atoms with E-state index < -0.39 is 34.6 Å². The molecule has 0 heterocycles. The molecule has 2 atom stereocenters. The summed E-state index contributed by atoms with van der Waals surface area (Å²) in [6.07, 6.45) is 10.7. The third-order valence-corrected chi connectivity index (χ3v) is 7.83. The van der Waals surface area contributed by atoms with Crippen LogP contribution in [-0.2, 0) is 19.2 Å². The van der Waals surface area contributed by atoms with Crippen LogP contribution in [0, 0.1) is 22.7 Å². The maximum atomic E-state index is 12.7. The topological polar surface area (TPSA) is 139 Å². The molecule has 0 N–H and O–H groups in total. The zero-order valence-corrected chi connectivity index (χ0v) is 16.9. The molecule has 2 unspecified atom stereocenters. The van der Waals surface area contributed by atoms with Crippen LogP contribution in [0.1, 0.15) is 64.2 Å². The molecule has 3 aliphatic carbocycles. The van der Waals surface area contributed by atoms with Crippen LogP contribution in [0.2, 0.25) is 0 Å². The van der Waals surface area contributed by atoms with E-state index in [2.05, 4.69) is 9.98 Å². The maximum Gasteiger partial charge on any atom is 0.235 e. The summed E-state index contributed by atoms with van der Waals surface area (Å²) in [4.78, 5) is 54.1. The standard InChI is InChI=1S/C22H28N2O6/c25-13-23-17-7-3-15(4-8-17)21(19(27)28)11-1-2-12-22(21,20(29)30)16-5-9-18(10-6-16)24-14-26/h1-2,15-18H,3-12H2,(H,27,28)(H,29,30)/p-2. The van der Waals surface area contributed by atoms with Crippen molar-refractivity contribution in [2.24, 2.45) is 32.7 Å². The van der Waals surface area contributed by atoms with Crippen molar-refractivity contribution in [3.05, 3.63) is 12.2 Å². The molecule has 30 heavy (non-hydrogen) atoms. The van der Waals surface area contributed by atoms with E-state index in [9.17, 15) is 29.4 Å². The minimum atomic E-state index is -1.58. The van der Waals surface area contributed by atoms with Crippen LogP contribution >= 0.6 is 0 Å². The Hall–Kier alpha value is -2.56. The fraction of sp³-hybridized carbons (Fsp3) is 0.727. The number of nitrogens with zero attached hydrogens (tertiary/aromatic N) is 2. The third kappa shape index (κ3) is 3.55. The van der Waals surface area contributed by atoms with Crippen molar-refractivity contribution in [1.82, 2.24) is 0 Å². The predicted octanol–water partition coefficient (Wildman–Crippen LogP) is 0.598. The van der Waals surface area contributed by atoms with Gasteiger partial charge in [0.25, 0.3) is 0 Å². The van der Waals surface area contributed by atoms with E-state index in [0.29, 0.717) is 51.4 Å². The van der Waals surface area contributed by atoms with E-state index in [1.807, 2.05) is 0 Å². The first-order chi connectivity index (χ1) is 14.4. The number of aliphatic imine (C=N–C) groups is 2. The highest BCUT2D eigenvalue weighted by Crippen LogP contribution is 2.62. The summed E-state index contributed by atoms with van der Waals surface area (Å²) in [6, 6.07) is -0.406. The average Bonchev–Trinajstić information content (AvgIpc) is 2.75. The first kappa shape index (κ1) is 22.1. The fourth-order valence-corrected chi connectivity index (χ4v) is 6.37. The summed E-state index contributed by atoms with van der Waals surface area (Å²) in [5, 5.41) is 25.4. The quantitative estimate of drug-likeness (QED) is 0.354. The van der Waals surface area contributed by atoms with Crippen LogP contribution in [0.15, 0.2) is 22.1 Å². The first-order valence-electron chi connectivity index (χ1n) is 10.6. The van der Waals surface area contributed by atoms with Gasteiger partial charge in [-0.05, 0) is 76.0 Å². The second-order valence-corrected chi connectivity index (χ2v) is 8.85. The third-order valence-electron chi connectivity index (χ3n) is 7.83. The monoisotopic (exact) mass is 414 g/mol. The Balaban J connectivity index is 2.00. The number of allylic oxidation sites excluding steroid dienone is 2. The van der Waals surface area contributed by atoms with Crippen molar-refractivity contribution in [3.63, 3.8) is 0 Å². The van der Waals surface area contributed by atoms with Crippen LogP contribution in [0.4, 0.5) is 0 Å². The number of carbonyl (C=O) groups is 2. The molecule has 0 spiro atoms. The number of hydrogen-bond acceptors (Lipinski definition) is 8. The molecule has 0 aromatic carbocycles. The first-order valence-corrected chi connectivity index (χ1v) is 10.6. The summed E-state index contributed by atoms with van der Waals surface area (Å²) in [5.74, 6) is -3.50. The van der Waals surface area contributed by atoms with Gasteiger partial charge in [-0.25, -0.2) is 19.6 Å². The molecule has 3 aliphatic rings. The Bertz CT molecular complexity index is 730. The molecule has 0 bridgehead atoms. The van der Waals surface area contributed by atoms with Gasteiger partial charge in [0, 0.05) is 22.8 Å². The van der Waals surface area contributed by atoms with Gasteiger partial charge in [0.2, 0.25) is 12.2 Å². The lowest BCUT2D eigenvalue weighted by Crippen LogP contribution is -2.67. The Morgan fingerprint density at radius 2 is 1.03 bits per heavy atom. The number of carboxylic acid groups (broad SMARTS) is 2. The molecule has 0 aromatic heterocycles. The molecule has 0 aromatic rings. The summed E-state index contributed by atoms with van der Waals surface area (Å²) in [5.41, 5.74) is -3.16. The minimum Gasteiger partial charge on any atom is -0.549 e. The smallest absolute Gasteiger partial charge is 0.235 e. The lowest BCUT2D eigenvalue weighted by atomic mass is 9.45. The Morgan fingerprint density at radius 3 is 1.30 bits per heavy atom. The highest BCUT2D eigenvalue weighted by Gasteiger charge is 2.61. The van der Waals surface area contributed by atoms with Crippen molar-refractivity contribution >= 4 is 24.1 Å². The summed E-state index contributed by atoms with van der Waals surface area (Å²) >= 11 is 0. The van der Waals surface area contributed by atoms with E-state index in [-0.39, 0.29) is 24.9 Å². The van der Waals surface area contributed by atoms with Gasteiger partial charge in [-0.1, -0.05) is 12.2 Å². The van der Waals surface area contributed by atoms with Gasteiger partial charge < -0.3 is 19.8 Å². The van der Waals surface area contributed by atoms with Gasteiger partial charge >= 0.3 is 0 Å². The average molecular weight is 414 g/mol. The number of aliphatic carboxylic acids is 2. The SMILES string of the molecule is O=C=NC1CCC(C2(C(=O)[O-])CC=CCC2(C(=O)[O-])C2CCC(N=C=O)CC2)CC1. The Morgan fingerprint density at radius 1 is 0.700 bits per heavy atom. The highest BCUT2D eigenvalue weighted by atomic mass is 16.4. The number of carboxylic acids is 2. The fourth-order valence-electron chi connectivity index (χ4n) is 6.37.